The fourth-order valence-corrected chi connectivity index (χ4v) is 1.85. The number of allylic oxidation sites excluding steroid dienone is 1. The van der Waals surface area contributed by atoms with Gasteiger partial charge in [-0.25, -0.2) is 4.39 Å². The molecule has 2 aromatic carbocycles. The molecule has 0 aliphatic heterocycles. The van der Waals surface area contributed by atoms with E-state index in [1.165, 1.54) is 48.5 Å². The summed E-state index contributed by atoms with van der Waals surface area (Å²) in [5.74, 6) is -1.52. The molecule has 2 rings (SSSR count). The summed E-state index contributed by atoms with van der Waals surface area (Å²) in [6.07, 6.45) is 1.25. The van der Waals surface area contributed by atoms with Gasteiger partial charge in [0.1, 0.15) is 23.2 Å². The minimum atomic E-state index is -2.94. The molecule has 0 N–H and O–H groups in total. The average Bonchev–Trinajstić information content (AvgIpc) is 2.53. The molecule has 0 unspecified atom stereocenters. The van der Waals surface area contributed by atoms with Crippen LogP contribution >= 0.6 is 0 Å². The van der Waals surface area contributed by atoms with E-state index >= 15 is 0 Å². The predicted molar refractivity (Wildman–Crippen MR) is 77.4 cm³/mol. The van der Waals surface area contributed by atoms with Gasteiger partial charge in [-0.15, -0.1) is 0 Å². The number of benzene rings is 2. The van der Waals surface area contributed by atoms with Gasteiger partial charge >= 0.3 is 6.61 Å². The first-order valence-electron chi connectivity index (χ1n) is 6.47. The molecular weight excluding hydrogens is 307 g/mol. The molecule has 2 aromatic rings. The number of ether oxygens (including phenoxy) is 1. The van der Waals surface area contributed by atoms with E-state index in [1.54, 1.807) is 6.07 Å². The van der Waals surface area contributed by atoms with Gasteiger partial charge in [0, 0.05) is 0 Å². The van der Waals surface area contributed by atoms with E-state index in [4.69, 9.17) is 5.26 Å². The van der Waals surface area contributed by atoms with Crippen LogP contribution in [0.25, 0.3) is 6.08 Å². The van der Waals surface area contributed by atoms with E-state index in [9.17, 15) is 18.0 Å². The van der Waals surface area contributed by atoms with Crippen LogP contribution in [0.1, 0.15) is 15.9 Å². The molecule has 0 radical (unpaired) electrons. The normalized spacial score (nSPS) is 11.2. The van der Waals surface area contributed by atoms with Crippen molar-refractivity contribution in [3.63, 3.8) is 0 Å². The molecule has 0 amide bonds. The van der Waals surface area contributed by atoms with E-state index < -0.39 is 18.2 Å². The van der Waals surface area contributed by atoms with Crippen molar-refractivity contribution in [3.8, 4) is 11.8 Å². The lowest BCUT2D eigenvalue weighted by molar-refractivity contribution is -0.0498. The third-order valence-corrected chi connectivity index (χ3v) is 2.90. The van der Waals surface area contributed by atoms with Gasteiger partial charge < -0.3 is 4.74 Å². The number of ketones is 1. The van der Waals surface area contributed by atoms with Gasteiger partial charge in [-0.1, -0.05) is 24.3 Å². The molecule has 0 aliphatic carbocycles. The zero-order chi connectivity index (χ0) is 16.8. The highest BCUT2D eigenvalue weighted by Gasteiger charge is 2.16. The first-order valence-corrected chi connectivity index (χ1v) is 6.47. The Balaban J connectivity index is 2.27. The topological polar surface area (TPSA) is 50.1 Å². The molecule has 0 saturated carbocycles. The zero-order valence-corrected chi connectivity index (χ0v) is 11.7. The number of halogens is 3. The molecule has 0 spiro atoms. The van der Waals surface area contributed by atoms with Crippen LogP contribution in [0.5, 0.6) is 5.75 Å². The Morgan fingerprint density at radius 2 is 1.78 bits per heavy atom. The Kier molecular flexibility index (Phi) is 5.15. The van der Waals surface area contributed by atoms with E-state index in [2.05, 4.69) is 4.74 Å². The number of Topliss-reactive ketones (excluding diaryl/α,β-unsaturated/α-hetero) is 1. The fourth-order valence-electron chi connectivity index (χ4n) is 1.85. The highest BCUT2D eigenvalue weighted by atomic mass is 19.3. The van der Waals surface area contributed by atoms with Crippen molar-refractivity contribution in [1.29, 1.82) is 5.26 Å². The van der Waals surface area contributed by atoms with Gasteiger partial charge in [0.15, 0.2) is 0 Å². The highest BCUT2D eigenvalue weighted by molar-refractivity contribution is 6.14. The van der Waals surface area contributed by atoms with Crippen LogP contribution in [-0.4, -0.2) is 12.4 Å². The Bertz CT molecular complexity index is 777. The van der Waals surface area contributed by atoms with Crippen LogP contribution in [0, 0.1) is 17.1 Å². The van der Waals surface area contributed by atoms with E-state index in [0.29, 0.717) is 5.56 Å². The number of hydrogen-bond acceptors (Lipinski definition) is 3. The molecule has 0 heterocycles. The number of rotatable bonds is 5. The van der Waals surface area contributed by atoms with E-state index in [1.807, 2.05) is 0 Å². The van der Waals surface area contributed by atoms with Gasteiger partial charge in [0.05, 0.1) is 5.56 Å². The Morgan fingerprint density at radius 1 is 1.13 bits per heavy atom. The summed E-state index contributed by atoms with van der Waals surface area (Å²) in [6, 6.07) is 12.4. The molecule has 116 valence electrons. The minimum Gasteiger partial charge on any atom is -0.435 e. The standard InChI is InChI=1S/C17H10F3NO2/c18-15-4-2-1-3-14(15)16(22)12(10-21)9-11-5-7-13(8-6-11)23-17(19)20/h1-9,17H/b12-9+. The number of carbonyl (C=O) groups excluding carboxylic acids is 1. The highest BCUT2D eigenvalue weighted by Crippen LogP contribution is 2.18. The van der Waals surface area contributed by atoms with Crippen molar-refractivity contribution in [3.05, 3.63) is 71.0 Å². The van der Waals surface area contributed by atoms with Crippen molar-refractivity contribution < 1.29 is 22.7 Å². The van der Waals surface area contributed by atoms with E-state index in [-0.39, 0.29) is 16.9 Å². The average molecular weight is 317 g/mol. The molecule has 23 heavy (non-hydrogen) atoms. The summed E-state index contributed by atoms with van der Waals surface area (Å²) in [7, 11) is 0. The third-order valence-electron chi connectivity index (χ3n) is 2.90. The summed E-state index contributed by atoms with van der Waals surface area (Å²) in [5, 5.41) is 9.10. The molecule has 0 atom stereocenters. The maximum atomic E-state index is 13.6. The van der Waals surface area contributed by atoms with E-state index in [0.717, 1.165) is 6.07 Å². The molecule has 0 bridgehead atoms. The van der Waals surface area contributed by atoms with Crippen LogP contribution in [0.3, 0.4) is 0 Å². The summed E-state index contributed by atoms with van der Waals surface area (Å²) in [4.78, 5) is 12.2. The fraction of sp³-hybridized carbons (Fsp3) is 0.0588. The maximum absolute atomic E-state index is 13.6. The molecule has 0 aromatic heterocycles. The molecule has 0 aliphatic rings. The van der Waals surface area contributed by atoms with Crippen LogP contribution in [0.4, 0.5) is 13.2 Å². The molecule has 6 heteroatoms. The second-order valence-corrected chi connectivity index (χ2v) is 4.43. The summed E-state index contributed by atoms with van der Waals surface area (Å²) in [6.45, 7) is -2.94. The lowest BCUT2D eigenvalue weighted by Gasteiger charge is -2.04. The Labute approximate surface area is 130 Å². The van der Waals surface area contributed by atoms with Crippen molar-refractivity contribution in [2.45, 2.75) is 6.61 Å². The second kappa shape index (κ2) is 7.27. The second-order valence-electron chi connectivity index (χ2n) is 4.43. The molecular formula is C17H10F3NO2. The van der Waals surface area contributed by atoms with Crippen molar-refractivity contribution in [1.82, 2.24) is 0 Å². The number of nitrogens with zero attached hydrogens (tertiary/aromatic N) is 1. The van der Waals surface area contributed by atoms with Crippen LogP contribution in [0.15, 0.2) is 54.1 Å². The Morgan fingerprint density at radius 3 is 2.35 bits per heavy atom. The quantitative estimate of drug-likeness (QED) is 0.471. The predicted octanol–water partition coefficient (Wildman–Crippen LogP) is 4.22. The summed E-state index contributed by atoms with van der Waals surface area (Å²) in [5.41, 5.74) is -0.0524. The lowest BCUT2D eigenvalue weighted by Crippen LogP contribution is -2.04. The number of hydrogen-bond donors (Lipinski definition) is 0. The van der Waals surface area contributed by atoms with Crippen LogP contribution in [0.2, 0.25) is 0 Å². The molecule has 3 nitrogen and oxygen atoms in total. The zero-order valence-electron chi connectivity index (χ0n) is 11.7. The largest absolute Gasteiger partial charge is 0.435 e. The van der Waals surface area contributed by atoms with Gasteiger partial charge in [-0.05, 0) is 35.9 Å². The third kappa shape index (κ3) is 4.20. The molecule has 0 fully saturated rings. The summed E-state index contributed by atoms with van der Waals surface area (Å²) >= 11 is 0. The minimum absolute atomic E-state index is 0.0453. The van der Waals surface area contributed by atoms with Crippen molar-refractivity contribution in [2.24, 2.45) is 0 Å². The first kappa shape index (κ1) is 16.3. The van der Waals surface area contributed by atoms with Gasteiger partial charge in [-0.3, -0.25) is 4.79 Å². The Hall–Kier alpha value is -3.07. The van der Waals surface area contributed by atoms with Gasteiger partial charge in [0.2, 0.25) is 5.78 Å². The van der Waals surface area contributed by atoms with Crippen molar-refractivity contribution >= 4 is 11.9 Å². The van der Waals surface area contributed by atoms with Gasteiger partial charge in [0.25, 0.3) is 0 Å². The lowest BCUT2D eigenvalue weighted by atomic mass is 10.0. The first-order chi connectivity index (χ1) is 11.0. The van der Waals surface area contributed by atoms with Crippen LogP contribution < -0.4 is 4.74 Å². The smallest absolute Gasteiger partial charge is 0.387 e. The molecule has 0 saturated heterocycles. The number of alkyl halides is 2. The summed E-state index contributed by atoms with van der Waals surface area (Å²) < 4.78 is 41.9. The maximum Gasteiger partial charge on any atom is 0.387 e. The van der Waals surface area contributed by atoms with Crippen molar-refractivity contribution in [2.75, 3.05) is 0 Å². The number of nitriles is 1. The SMILES string of the molecule is N#C/C(=C\c1ccc(OC(F)F)cc1)C(=O)c1ccccc1F. The van der Waals surface area contributed by atoms with Crippen LogP contribution in [-0.2, 0) is 0 Å². The van der Waals surface area contributed by atoms with Gasteiger partial charge in [-0.2, -0.15) is 14.0 Å². The number of carbonyl (C=O) groups is 1. The monoisotopic (exact) mass is 317 g/mol.